The number of rotatable bonds is 2. The summed E-state index contributed by atoms with van der Waals surface area (Å²) in [4.78, 5) is 0.940. The molecule has 1 aromatic carbocycles. The van der Waals surface area contributed by atoms with Gasteiger partial charge in [0.25, 0.3) is 0 Å². The van der Waals surface area contributed by atoms with E-state index in [-0.39, 0.29) is 0 Å². The smallest absolute Gasteiger partial charge is 0.0489 e. The molecule has 1 unspecified atom stereocenters. The summed E-state index contributed by atoms with van der Waals surface area (Å²) in [6.45, 7) is 3.34. The van der Waals surface area contributed by atoms with Gasteiger partial charge in [-0.3, -0.25) is 0 Å². The maximum absolute atomic E-state index is 6.16. The molecule has 0 spiro atoms. The van der Waals surface area contributed by atoms with Crippen LogP contribution in [-0.2, 0) is 0 Å². The first kappa shape index (κ1) is 13.0. The standard InChI is InChI=1S/C14H18ClNS/c1-10-9-11(7-8-16-10)5-6-12-13(15)3-2-4-14(12)17/h2-6,10-11,16-17H,7-9H2,1H3/b6-5+/t10-,11?/m0/s1. The van der Waals surface area contributed by atoms with Gasteiger partial charge in [-0.25, -0.2) is 0 Å². The Hall–Kier alpha value is -0.440. The van der Waals surface area contributed by atoms with Crippen molar-refractivity contribution in [1.29, 1.82) is 0 Å². The van der Waals surface area contributed by atoms with E-state index in [0.29, 0.717) is 12.0 Å². The lowest BCUT2D eigenvalue weighted by Gasteiger charge is -2.25. The average Bonchev–Trinajstić information content (AvgIpc) is 2.28. The second-order valence-corrected chi connectivity index (χ2v) is 5.56. The van der Waals surface area contributed by atoms with Gasteiger partial charge in [-0.2, -0.15) is 0 Å². The van der Waals surface area contributed by atoms with E-state index >= 15 is 0 Å². The minimum absolute atomic E-state index is 0.611. The van der Waals surface area contributed by atoms with Gasteiger partial charge in [-0.15, -0.1) is 12.6 Å². The van der Waals surface area contributed by atoms with Gasteiger partial charge < -0.3 is 5.32 Å². The van der Waals surface area contributed by atoms with Crippen LogP contribution in [0.1, 0.15) is 25.3 Å². The maximum Gasteiger partial charge on any atom is 0.0489 e. The van der Waals surface area contributed by atoms with E-state index in [2.05, 4.69) is 37.0 Å². The van der Waals surface area contributed by atoms with Crippen LogP contribution in [0, 0.1) is 5.92 Å². The lowest BCUT2D eigenvalue weighted by Crippen LogP contribution is -2.35. The highest BCUT2D eigenvalue weighted by Crippen LogP contribution is 2.26. The van der Waals surface area contributed by atoms with E-state index in [1.54, 1.807) is 0 Å². The normalized spacial score (nSPS) is 25.4. The Kier molecular flexibility index (Phi) is 4.55. The summed E-state index contributed by atoms with van der Waals surface area (Å²) in [5, 5.41) is 4.23. The first-order valence-electron chi connectivity index (χ1n) is 6.06. The van der Waals surface area contributed by atoms with E-state index < -0.39 is 0 Å². The average molecular weight is 268 g/mol. The molecule has 1 aliphatic heterocycles. The van der Waals surface area contributed by atoms with Crippen LogP contribution in [0.5, 0.6) is 0 Å². The third kappa shape index (κ3) is 3.51. The van der Waals surface area contributed by atoms with Crippen molar-refractivity contribution >= 4 is 30.3 Å². The fourth-order valence-electron chi connectivity index (χ4n) is 2.27. The Labute approximate surface area is 114 Å². The molecular formula is C14H18ClNS. The number of halogens is 1. The number of thiol groups is 1. The molecule has 2 atom stereocenters. The zero-order valence-electron chi connectivity index (χ0n) is 9.99. The topological polar surface area (TPSA) is 12.0 Å². The number of allylic oxidation sites excluding steroid dienone is 1. The lowest BCUT2D eigenvalue weighted by molar-refractivity contribution is 0.362. The Bertz CT molecular complexity index is 396. The molecule has 1 saturated heterocycles. The molecule has 92 valence electrons. The summed E-state index contributed by atoms with van der Waals surface area (Å²) in [5.41, 5.74) is 1.03. The second kappa shape index (κ2) is 5.94. The molecular weight excluding hydrogens is 250 g/mol. The van der Waals surface area contributed by atoms with Crippen LogP contribution >= 0.6 is 24.2 Å². The molecule has 1 fully saturated rings. The molecule has 17 heavy (non-hydrogen) atoms. The fourth-order valence-corrected chi connectivity index (χ4v) is 2.85. The van der Waals surface area contributed by atoms with Gasteiger partial charge in [0.1, 0.15) is 0 Å². The number of hydrogen-bond donors (Lipinski definition) is 2. The van der Waals surface area contributed by atoms with Gasteiger partial charge >= 0.3 is 0 Å². The summed E-state index contributed by atoms with van der Waals surface area (Å²) in [5.74, 6) is 0.648. The van der Waals surface area contributed by atoms with Crippen molar-refractivity contribution in [3.05, 3.63) is 34.9 Å². The van der Waals surface area contributed by atoms with Gasteiger partial charge in [0.2, 0.25) is 0 Å². The third-order valence-electron chi connectivity index (χ3n) is 3.23. The molecule has 3 heteroatoms. The van der Waals surface area contributed by atoms with Crippen molar-refractivity contribution < 1.29 is 0 Å². The van der Waals surface area contributed by atoms with E-state index in [9.17, 15) is 0 Å². The Balaban J connectivity index is 2.09. The summed E-state index contributed by atoms with van der Waals surface area (Å²) >= 11 is 10.6. The molecule has 1 aromatic rings. The highest BCUT2D eigenvalue weighted by Gasteiger charge is 2.15. The van der Waals surface area contributed by atoms with Crippen molar-refractivity contribution in [2.75, 3.05) is 6.54 Å². The predicted molar refractivity (Wildman–Crippen MR) is 77.9 cm³/mol. The van der Waals surface area contributed by atoms with Gasteiger partial charge in [0.05, 0.1) is 0 Å². The Morgan fingerprint density at radius 3 is 3.00 bits per heavy atom. The zero-order chi connectivity index (χ0) is 12.3. The monoisotopic (exact) mass is 267 g/mol. The van der Waals surface area contributed by atoms with Crippen LogP contribution in [0.3, 0.4) is 0 Å². The molecule has 2 rings (SSSR count). The summed E-state index contributed by atoms with van der Waals surface area (Å²) in [6.07, 6.45) is 6.79. The van der Waals surface area contributed by atoms with E-state index in [4.69, 9.17) is 11.6 Å². The van der Waals surface area contributed by atoms with Crippen molar-refractivity contribution in [1.82, 2.24) is 5.32 Å². The summed E-state index contributed by atoms with van der Waals surface area (Å²) in [7, 11) is 0. The Morgan fingerprint density at radius 2 is 2.29 bits per heavy atom. The van der Waals surface area contributed by atoms with Crippen LogP contribution in [0.25, 0.3) is 6.08 Å². The van der Waals surface area contributed by atoms with Gasteiger partial charge in [0, 0.05) is 21.5 Å². The van der Waals surface area contributed by atoms with E-state index in [0.717, 1.165) is 22.0 Å². The molecule has 0 amide bonds. The lowest BCUT2D eigenvalue weighted by atomic mass is 9.92. The quantitative estimate of drug-likeness (QED) is 0.771. The van der Waals surface area contributed by atoms with Gasteiger partial charge in [-0.05, 0) is 44.4 Å². The number of hydrogen-bond acceptors (Lipinski definition) is 2. The molecule has 0 bridgehead atoms. The first-order valence-corrected chi connectivity index (χ1v) is 6.88. The highest BCUT2D eigenvalue weighted by atomic mass is 35.5. The number of piperidine rings is 1. The summed E-state index contributed by atoms with van der Waals surface area (Å²) in [6, 6.07) is 6.42. The van der Waals surface area contributed by atoms with Crippen LogP contribution < -0.4 is 5.32 Å². The van der Waals surface area contributed by atoms with E-state index in [1.807, 2.05) is 18.2 Å². The second-order valence-electron chi connectivity index (χ2n) is 4.67. The largest absolute Gasteiger partial charge is 0.314 e. The molecule has 1 aliphatic rings. The van der Waals surface area contributed by atoms with Crippen molar-refractivity contribution in [2.45, 2.75) is 30.7 Å². The van der Waals surface area contributed by atoms with Crippen LogP contribution in [0.15, 0.2) is 29.2 Å². The van der Waals surface area contributed by atoms with Crippen molar-refractivity contribution in [2.24, 2.45) is 5.92 Å². The van der Waals surface area contributed by atoms with Crippen LogP contribution in [0.4, 0.5) is 0 Å². The van der Waals surface area contributed by atoms with Gasteiger partial charge in [0.15, 0.2) is 0 Å². The minimum atomic E-state index is 0.611. The highest BCUT2D eigenvalue weighted by molar-refractivity contribution is 7.80. The molecule has 0 aliphatic carbocycles. The number of benzene rings is 1. The van der Waals surface area contributed by atoms with Crippen LogP contribution in [-0.4, -0.2) is 12.6 Å². The molecule has 0 radical (unpaired) electrons. The van der Waals surface area contributed by atoms with Crippen molar-refractivity contribution in [3.63, 3.8) is 0 Å². The predicted octanol–water partition coefficient (Wildman–Crippen LogP) is 4.03. The molecule has 0 aromatic heterocycles. The van der Waals surface area contributed by atoms with Gasteiger partial charge in [-0.1, -0.05) is 29.8 Å². The molecule has 1 heterocycles. The minimum Gasteiger partial charge on any atom is -0.314 e. The fraction of sp³-hybridized carbons (Fsp3) is 0.429. The first-order chi connectivity index (χ1) is 8.16. The maximum atomic E-state index is 6.16. The zero-order valence-corrected chi connectivity index (χ0v) is 11.6. The van der Waals surface area contributed by atoms with Crippen LogP contribution in [0.2, 0.25) is 5.02 Å². The van der Waals surface area contributed by atoms with Crippen molar-refractivity contribution in [3.8, 4) is 0 Å². The number of nitrogens with one attached hydrogen (secondary N) is 1. The molecule has 1 N–H and O–H groups in total. The SMILES string of the molecule is C[C@H]1CC(/C=C/c2c(S)cccc2Cl)CCN1. The molecule has 1 nitrogen and oxygen atoms in total. The Morgan fingerprint density at radius 1 is 1.47 bits per heavy atom. The third-order valence-corrected chi connectivity index (χ3v) is 3.95. The molecule has 0 saturated carbocycles. The summed E-state index contributed by atoms with van der Waals surface area (Å²) < 4.78 is 0. The van der Waals surface area contributed by atoms with E-state index in [1.165, 1.54) is 12.8 Å².